The molecule has 0 saturated carbocycles. The fourth-order valence-corrected chi connectivity index (χ4v) is 2.25. The molecule has 0 spiro atoms. The number of morpholine rings is 1. The van der Waals surface area contributed by atoms with Crippen molar-refractivity contribution >= 4 is 23.2 Å². The summed E-state index contributed by atoms with van der Waals surface area (Å²) >= 11 is 12.0. The minimum Gasteiger partial charge on any atom is -0.370 e. The van der Waals surface area contributed by atoms with E-state index in [4.69, 9.17) is 27.9 Å². The van der Waals surface area contributed by atoms with Crippen LogP contribution in [0, 0.1) is 0 Å². The summed E-state index contributed by atoms with van der Waals surface area (Å²) in [6.07, 6.45) is 0. The molecule has 0 radical (unpaired) electrons. The third-order valence-electron chi connectivity index (χ3n) is 2.66. The van der Waals surface area contributed by atoms with Crippen LogP contribution < -0.4 is 4.90 Å². The standard InChI is InChI=1S/C11H13Cl2NO/c12-10-2-1-9(11(13)7-10)8-14-3-5-15-6-4-14/h1-2,7H,3-6,8H2/p+1. The monoisotopic (exact) mass is 246 g/mol. The zero-order valence-electron chi connectivity index (χ0n) is 8.43. The van der Waals surface area contributed by atoms with E-state index in [2.05, 4.69) is 0 Å². The zero-order chi connectivity index (χ0) is 10.7. The van der Waals surface area contributed by atoms with Crippen molar-refractivity contribution in [2.24, 2.45) is 0 Å². The Morgan fingerprint density at radius 2 is 1.93 bits per heavy atom. The van der Waals surface area contributed by atoms with Gasteiger partial charge in [-0.3, -0.25) is 0 Å². The molecular weight excluding hydrogens is 233 g/mol. The predicted octanol–water partition coefficient (Wildman–Crippen LogP) is 1.41. The van der Waals surface area contributed by atoms with Crippen LogP contribution in [0.1, 0.15) is 5.56 Å². The Balaban J connectivity index is 2.03. The maximum absolute atomic E-state index is 6.12. The van der Waals surface area contributed by atoms with Crippen molar-refractivity contribution in [2.45, 2.75) is 6.54 Å². The number of rotatable bonds is 2. The first-order valence-corrected chi connectivity index (χ1v) is 5.86. The number of nitrogens with one attached hydrogen (secondary N) is 1. The molecule has 2 rings (SSSR count). The molecule has 1 aromatic rings. The molecule has 1 aliphatic heterocycles. The fourth-order valence-electron chi connectivity index (χ4n) is 1.77. The van der Waals surface area contributed by atoms with Gasteiger partial charge >= 0.3 is 0 Å². The number of benzene rings is 1. The first-order chi connectivity index (χ1) is 7.25. The molecule has 0 unspecified atom stereocenters. The Labute approximate surface area is 99.7 Å². The second-order valence-corrected chi connectivity index (χ2v) is 4.62. The van der Waals surface area contributed by atoms with Crippen LogP contribution in [-0.4, -0.2) is 26.3 Å². The average Bonchev–Trinajstić information content (AvgIpc) is 2.24. The summed E-state index contributed by atoms with van der Waals surface area (Å²) in [5.41, 5.74) is 1.16. The highest BCUT2D eigenvalue weighted by atomic mass is 35.5. The van der Waals surface area contributed by atoms with Crippen molar-refractivity contribution in [1.82, 2.24) is 0 Å². The molecule has 2 nitrogen and oxygen atoms in total. The van der Waals surface area contributed by atoms with Gasteiger partial charge in [0.2, 0.25) is 0 Å². The molecule has 4 heteroatoms. The summed E-state index contributed by atoms with van der Waals surface area (Å²) < 4.78 is 5.31. The van der Waals surface area contributed by atoms with E-state index in [1.807, 2.05) is 12.1 Å². The second-order valence-electron chi connectivity index (χ2n) is 3.77. The van der Waals surface area contributed by atoms with Gasteiger partial charge in [0.1, 0.15) is 19.6 Å². The molecule has 0 aliphatic carbocycles. The summed E-state index contributed by atoms with van der Waals surface area (Å²) in [6.45, 7) is 4.76. The van der Waals surface area contributed by atoms with Crippen molar-refractivity contribution in [3.8, 4) is 0 Å². The molecule has 15 heavy (non-hydrogen) atoms. The quantitative estimate of drug-likeness (QED) is 0.834. The lowest BCUT2D eigenvalue weighted by Crippen LogP contribution is -3.12. The van der Waals surface area contributed by atoms with E-state index in [9.17, 15) is 0 Å². The summed E-state index contributed by atoms with van der Waals surface area (Å²) in [4.78, 5) is 1.52. The highest BCUT2D eigenvalue weighted by Crippen LogP contribution is 2.20. The molecule has 0 atom stereocenters. The van der Waals surface area contributed by atoms with Crippen LogP contribution in [0.3, 0.4) is 0 Å². The van der Waals surface area contributed by atoms with Crippen molar-refractivity contribution in [3.63, 3.8) is 0 Å². The third kappa shape index (κ3) is 3.08. The Kier molecular flexibility index (Phi) is 3.87. The molecule has 0 bridgehead atoms. The van der Waals surface area contributed by atoms with Gasteiger partial charge in [-0.15, -0.1) is 0 Å². The second kappa shape index (κ2) is 5.17. The van der Waals surface area contributed by atoms with Gasteiger partial charge in [-0.1, -0.05) is 29.3 Å². The Morgan fingerprint density at radius 1 is 1.20 bits per heavy atom. The summed E-state index contributed by atoms with van der Waals surface area (Å²) in [5, 5.41) is 1.46. The highest BCUT2D eigenvalue weighted by molar-refractivity contribution is 6.35. The Hall–Kier alpha value is -0.280. The van der Waals surface area contributed by atoms with Gasteiger partial charge in [-0.25, -0.2) is 0 Å². The summed E-state index contributed by atoms with van der Waals surface area (Å²) in [6, 6.07) is 5.70. The molecule has 82 valence electrons. The van der Waals surface area contributed by atoms with Gasteiger partial charge in [-0.2, -0.15) is 0 Å². The minimum atomic E-state index is 0.695. The van der Waals surface area contributed by atoms with Crippen molar-refractivity contribution in [2.75, 3.05) is 26.3 Å². The SMILES string of the molecule is Clc1ccc(C[NH+]2CCOCC2)c(Cl)c1. The van der Waals surface area contributed by atoms with Gasteiger partial charge in [0, 0.05) is 10.6 Å². The van der Waals surface area contributed by atoms with Gasteiger partial charge in [0.15, 0.2) is 0 Å². The molecular formula is C11H14Cl2NO+. The Morgan fingerprint density at radius 3 is 2.60 bits per heavy atom. The first kappa shape index (κ1) is 11.2. The molecule has 1 aromatic carbocycles. The van der Waals surface area contributed by atoms with E-state index in [0.717, 1.165) is 43.4 Å². The lowest BCUT2D eigenvalue weighted by atomic mass is 10.2. The lowest BCUT2D eigenvalue weighted by Gasteiger charge is -2.24. The van der Waals surface area contributed by atoms with Crippen molar-refractivity contribution in [1.29, 1.82) is 0 Å². The zero-order valence-corrected chi connectivity index (χ0v) is 9.94. The maximum atomic E-state index is 6.12. The normalized spacial score (nSPS) is 18.0. The molecule has 1 heterocycles. The van der Waals surface area contributed by atoms with Crippen LogP contribution in [0.2, 0.25) is 10.0 Å². The molecule has 0 aromatic heterocycles. The van der Waals surface area contributed by atoms with E-state index in [1.165, 1.54) is 4.90 Å². The van der Waals surface area contributed by atoms with Crippen LogP contribution in [0.5, 0.6) is 0 Å². The van der Waals surface area contributed by atoms with E-state index in [0.29, 0.717) is 5.02 Å². The van der Waals surface area contributed by atoms with Gasteiger partial charge in [0.05, 0.1) is 18.2 Å². The number of quaternary nitrogens is 1. The molecule has 1 saturated heterocycles. The molecule has 1 fully saturated rings. The summed E-state index contributed by atoms with van der Waals surface area (Å²) in [7, 11) is 0. The fraction of sp³-hybridized carbons (Fsp3) is 0.455. The van der Waals surface area contributed by atoms with Crippen LogP contribution in [0.15, 0.2) is 18.2 Å². The number of hydrogen-bond donors (Lipinski definition) is 1. The van der Waals surface area contributed by atoms with Crippen molar-refractivity contribution < 1.29 is 9.64 Å². The summed E-state index contributed by atoms with van der Waals surface area (Å²) in [5.74, 6) is 0. The van der Waals surface area contributed by atoms with E-state index in [-0.39, 0.29) is 0 Å². The third-order valence-corrected chi connectivity index (χ3v) is 3.24. The smallest absolute Gasteiger partial charge is 0.104 e. The lowest BCUT2D eigenvalue weighted by molar-refractivity contribution is -0.921. The molecule has 1 aliphatic rings. The van der Waals surface area contributed by atoms with Crippen LogP contribution >= 0.6 is 23.2 Å². The van der Waals surface area contributed by atoms with Crippen LogP contribution in [0.4, 0.5) is 0 Å². The maximum Gasteiger partial charge on any atom is 0.104 e. The largest absolute Gasteiger partial charge is 0.370 e. The number of halogens is 2. The first-order valence-electron chi connectivity index (χ1n) is 5.11. The highest BCUT2D eigenvalue weighted by Gasteiger charge is 2.15. The van der Waals surface area contributed by atoms with Gasteiger partial charge < -0.3 is 9.64 Å². The van der Waals surface area contributed by atoms with Crippen molar-refractivity contribution in [3.05, 3.63) is 33.8 Å². The molecule has 0 amide bonds. The van der Waals surface area contributed by atoms with Crippen LogP contribution in [0.25, 0.3) is 0 Å². The molecule has 1 N–H and O–H groups in total. The van der Waals surface area contributed by atoms with E-state index in [1.54, 1.807) is 6.07 Å². The van der Waals surface area contributed by atoms with E-state index >= 15 is 0 Å². The Bertz CT molecular complexity index is 337. The van der Waals surface area contributed by atoms with E-state index < -0.39 is 0 Å². The van der Waals surface area contributed by atoms with Crippen LogP contribution in [-0.2, 0) is 11.3 Å². The van der Waals surface area contributed by atoms with Gasteiger partial charge in [-0.05, 0) is 12.1 Å². The average molecular weight is 247 g/mol. The van der Waals surface area contributed by atoms with Gasteiger partial charge in [0.25, 0.3) is 0 Å². The number of hydrogen-bond acceptors (Lipinski definition) is 1. The predicted molar refractivity (Wildman–Crippen MR) is 61.7 cm³/mol. The number of ether oxygens (including phenoxy) is 1. The minimum absolute atomic E-state index is 0.695. The topological polar surface area (TPSA) is 13.7 Å².